The predicted molar refractivity (Wildman–Crippen MR) is 506 cm³/mol. The molecule has 32 heteroatoms. The number of aryl methyl sites for hydroxylation is 1. The number of carbonyl (C=O) groups excluding carboxylic acids is 5. The number of imidazole rings is 1. The molecule has 678 valence electrons. The molecule has 10 aromatic carbocycles. The van der Waals surface area contributed by atoms with E-state index in [9.17, 15) is 42.6 Å². The predicted octanol–water partition coefficient (Wildman–Crippen LogP) is 19.7. The minimum Gasteiger partial charge on any atom is -0.384 e. The number of sulfonamides is 1. The van der Waals surface area contributed by atoms with Crippen LogP contribution in [0.25, 0.3) is 72.6 Å². The maximum Gasteiger partial charge on any atom is 0.263 e. The van der Waals surface area contributed by atoms with Crippen molar-refractivity contribution in [2.24, 2.45) is 5.92 Å². The van der Waals surface area contributed by atoms with Crippen LogP contribution in [0.2, 0.25) is 0 Å². The molecule has 133 heavy (non-hydrogen) atoms. The molecule has 7 heterocycles. The SMILES string of the molecule is CC(O)C(=O)Nc1oncc1-c1ccccc1.CCC(=O)Nc1oncc1-c1ccccc1.CCCc1ccccc1-c1cnoc1N.O=C(Nc1cnoc1-c1ccccc1)c1ccccc1.O=C(Nc1oncc1-c1ccccc1)C(O)C1CCCCC1.O=C(Nc1oncc1-c1ccccc1)C(O)c1ccccc1.O=S(=O)(Nc1cncn1-c1ccccc1)c1ccccc1. The van der Waals surface area contributed by atoms with Crippen molar-refractivity contribution < 1.29 is 74.8 Å². The van der Waals surface area contributed by atoms with Crippen molar-refractivity contribution in [1.82, 2.24) is 40.5 Å². The van der Waals surface area contributed by atoms with E-state index in [2.05, 4.69) is 80.2 Å². The Morgan fingerprint density at radius 2 is 0.835 bits per heavy atom. The molecule has 18 rings (SSSR count). The average molecular weight is 1810 g/mol. The number of anilines is 7. The molecule has 3 atom stereocenters. The van der Waals surface area contributed by atoms with Crippen LogP contribution in [0, 0.1) is 5.92 Å². The summed E-state index contributed by atoms with van der Waals surface area (Å²) in [4.78, 5) is 63.3. The molecule has 3 unspecified atom stereocenters. The van der Waals surface area contributed by atoms with Crippen LogP contribution in [0.15, 0.2) is 379 Å². The Morgan fingerprint density at radius 1 is 0.429 bits per heavy atom. The molecule has 1 fully saturated rings. The maximum atomic E-state index is 12.3. The highest BCUT2D eigenvalue weighted by Crippen LogP contribution is 2.36. The standard InChI is InChI=1S/C17H20N2O3.C17H14N2O3.C16H12N2O2.C15H13N3O2S.C12H12N2O3.C12H12N2O2.C12H14N2O/c2*20-15(13-9-5-2-6-10-13)16(21)19-17-14(11-18-22-17)12-7-3-1-4-8-12;19-16(13-9-5-2-6-10-13)18-14-11-17-20-15(14)12-7-3-1-4-8-12;19-21(20,14-9-5-2-6-10-14)17-15-11-16-12-18(15)13-7-3-1-4-8-13;1-8(15)11(16)14-12-10(7-13-17-12)9-5-3-2-4-6-9;1-2-11(15)14-12-10(8-13-16-12)9-6-4-3-5-7-9;1-2-5-9-6-3-4-7-10(9)11-8-14-15-12(11)13/h1,3-4,7-8,11,13,15,20H,2,5-6,9-10H2,(H,19,21);1-11,15,20H,(H,19,21);1-11H,(H,18,19);1-12,17H;2-8,15H,1H3,(H,14,16);3-8H,2H2,1H3,(H,14,15);3-4,6-8H,2,5,13H2,1H3. The number of hydrogen-bond acceptors (Lipinski definition) is 24. The van der Waals surface area contributed by atoms with Gasteiger partial charge in [-0.05, 0) is 107 Å². The Labute approximate surface area is 766 Å². The van der Waals surface area contributed by atoms with Crippen LogP contribution in [-0.4, -0.2) is 106 Å². The highest BCUT2D eigenvalue weighted by Gasteiger charge is 2.30. The lowest BCUT2D eigenvalue weighted by molar-refractivity contribution is -0.127. The molecule has 17 aromatic rings. The number of aliphatic hydroxyl groups excluding tert-OH is 3. The second-order valence-electron chi connectivity index (χ2n) is 29.6. The Morgan fingerprint density at radius 3 is 1.30 bits per heavy atom. The number of nitrogens with one attached hydrogen (secondary N) is 6. The number of rotatable bonds is 24. The topological polar surface area (TPSA) is 452 Å². The third kappa shape index (κ3) is 27.5. The van der Waals surface area contributed by atoms with Gasteiger partial charge in [0.15, 0.2) is 11.9 Å². The van der Waals surface area contributed by atoms with Gasteiger partial charge in [-0.25, -0.2) is 13.4 Å². The van der Waals surface area contributed by atoms with Gasteiger partial charge >= 0.3 is 0 Å². The molecule has 0 radical (unpaired) electrons. The van der Waals surface area contributed by atoms with Crippen molar-refractivity contribution in [2.45, 2.75) is 95.3 Å². The molecule has 0 aliphatic heterocycles. The lowest BCUT2D eigenvalue weighted by Crippen LogP contribution is -2.35. The fourth-order valence-corrected chi connectivity index (χ4v) is 14.5. The molecule has 1 saturated carbocycles. The van der Waals surface area contributed by atoms with Crippen LogP contribution in [-0.2, 0) is 35.6 Å². The fourth-order valence-electron chi connectivity index (χ4n) is 13.5. The quantitative estimate of drug-likeness (QED) is 0.0269. The van der Waals surface area contributed by atoms with Crippen molar-refractivity contribution in [3.63, 3.8) is 0 Å². The van der Waals surface area contributed by atoms with Crippen LogP contribution < -0.4 is 37.0 Å². The van der Waals surface area contributed by atoms with Gasteiger partial charge in [0, 0.05) is 23.2 Å². The number of amides is 5. The number of hydrogen-bond donors (Lipinski definition) is 10. The normalized spacial score (nSPS) is 12.0. The van der Waals surface area contributed by atoms with Gasteiger partial charge < -0.3 is 53.5 Å². The molecular weight excluding hydrogens is 1710 g/mol. The zero-order valence-electron chi connectivity index (χ0n) is 72.6. The van der Waals surface area contributed by atoms with Crippen molar-refractivity contribution >= 4 is 80.5 Å². The summed E-state index contributed by atoms with van der Waals surface area (Å²) >= 11 is 0. The number of para-hydroxylation sites is 1. The second-order valence-corrected chi connectivity index (χ2v) is 31.3. The van der Waals surface area contributed by atoms with Crippen LogP contribution in [0.4, 0.5) is 40.9 Å². The third-order valence-corrected chi connectivity index (χ3v) is 21.7. The van der Waals surface area contributed by atoms with Gasteiger partial charge in [-0.1, -0.05) is 331 Å². The van der Waals surface area contributed by atoms with Gasteiger partial charge in [0.05, 0.1) is 76.1 Å². The average Bonchev–Trinajstić information content (AvgIpc) is 1.71. The Balaban J connectivity index is 0.000000141. The molecule has 1 aliphatic carbocycles. The fraction of sp³-hybridized carbons (Fsp3) is 0.149. The second kappa shape index (κ2) is 49.1. The molecule has 0 bridgehead atoms. The summed E-state index contributed by atoms with van der Waals surface area (Å²) in [7, 11) is -3.62. The largest absolute Gasteiger partial charge is 0.384 e. The maximum absolute atomic E-state index is 12.3. The van der Waals surface area contributed by atoms with Crippen LogP contribution in [0.3, 0.4) is 0 Å². The van der Waals surface area contributed by atoms with Crippen molar-refractivity contribution in [3.8, 4) is 72.6 Å². The summed E-state index contributed by atoms with van der Waals surface area (Å²) in [6.07, 6.45) is 16.8. The molecule has 0 saturated heterocycles. The number of aromatic nitrogens is 8. The number of aliphatic hydroxyl groups is 3. The summed E-state index contributed by atoms with van der Waals surface area (Å²) in [6.45, 7) is 5.33. The van der Waals surface area contributed by atoms with E-state index >= 15 is 0 Å². The first kappa shape index (κ1) is 95.6. The molecule has 5 amide bonds. The summed E-state index contributed by atoms with van der Waals surface area (Å²) < 4.78 is 59.2. The van der Waals surface area contributed by atoms with Crippen LogP contribution in [0.5, 0.6) is 0 Å². The van der Waals surface area contributed by atoms with Crippen LogP contribution >= 0.6 is 0 Å². The van der Waals surface area contributed by atoms with E-state index in [1.165, 1.54) is 43.7 Å². The van der Waals surface area contributed by atoms with Crippen molar-refractivity contribution in [2.75, 3.05) is 37.0 Å². The molecule has 31 nitrogen and oxygen atoms in total. The van der Waals surface area contributed by atoms with E-state index < -0.39 is 46.1 Å². The number of nitrogen functional groups attached to an aromatic ring is 1. The number of nitrogens with two attached hydrogens (primary N) is 1. The zero-order valence-corrected chi connectivity index (χ0v) is 73.4. The van der Waals surface area contributed by atoms with Gasteiger partial charge in [-0.2, -0.15) is 0 Å². The molecule has 11 N–H and O–H groups in total. The number of nitrogens with zero attached hydrogens (tertiary/aromatic N) is 8. The zero-order chi connectivity index (χ0) is 93.5. The molecular formula is C101H97N15O16S. The minimum absolute atomic E-state index is 0.0387. The summed E-state index contributed by atoms with van der Waals surface area (Å²) in [5, 5.41) is 64.9. The Kier molecular flexibility index (Phi) is 35.3. The van der Waals surface area contributed by atoms with Crippen LogP contribution in [0.1, 0.15) is 93.3 Å². The first-order valence-corrected chi connectivity index (χ1v) is 43.9. The number of carbonyl (C=O) groups is 5. The van der Waals surface area contributed by atoms with Gasteiger partial charge in [-0.3, -0.25) is 54.5 Å². The van der Waals surface area contributed by atoms with Gasteiger partial charge in [0.25, 0.3) is 33.7 Å². The Bertz CT molecular complexity index is 6540. The smallest absolute Gasteiger partial charge is 0.263 e. The molecule has 0 spiro atoms. The van der Waals surface area contributed by atoms with E-state index in [1.54, 1.807) is 103 Å². The molecule has 7 aromatic heterocycles. The highest BCUT2D eigenvalue weighted by molar-refractivity contribution is 7.92. The van der Waals surface area contributed by atoms with Gasteiger partial charge in [-0.15, -0.1) is 0 Å². The summed E-state index contributed by atoms with van der Waals surface area (Å²) in [5.41, 5.74) is 18.9. The van der Waals surface area contributed by atoms with E-state index in [4.69, 9.17) is 38.0 Å². The minimum atomic E-state index is -3.62. The third-order valence-electron chi connectivity index (χ3n) is 20.3. The first-order chi connectivity index (χ1) is 64.8. The van der Waals surface area contributed by atoms with Crippen molar-refractivity contribution in [3.05, 3.63) is 364 Å². The first-order valence-electron chi connectivity index (χ1n) is 42.5. The van der Waals surface area contributed by atoms with E-state index in [0.717, 1.165) is 88.7 Å². The summed E-state index contributed by atoms with van der Waals surface area (Å²) in [5.74, 6) is 0.715. The molecule has 1 aliphatic rings. The van der Waals surface area contributed by atoms with E-state index in [-0.39, 0.29) is 40.3 Å². The lowest BCUT2D eigenvalue weighted by Gasteiger charge is -2.25. The lowest BCUT2D eigenvalue weighted by atomic mass is 9.85. The number of benzene rings is 10. The van der Waals surface area contributed by atoms with Crippen molar-refractivity contribution in [1.29, 1.82) is 0 Å². The van der Waals surface area contributed by atoms with Gasteiger partial charge in [0.2, 0.25) is 35.3 Å². The van der Waals surface area contributed by atoms with E-state index in [1.807, 2.05) is 224 Å². The van der Waals surface area contributed by atoms with E-state index in [0.29, 0.717) is 63.3 Å². The Hall–Kier alpha value is -16.6. The monoisotopic (exact) mass is 1810 g/mol. The highest BCUT2D eigenvalue weighted by atomic mass is 32.2. The van der Waals surface area contributed by atoms with Gasteiger partial charge in [0.1, 0.15) is 30.0 Å². The summed E-state index contributed by atoms with van der Waals surface area (Å²) in [6, 6.07) is 91.2.